The SMILES string of the molecule is c1ccc(-c2nc(-c3cc4c(cc3-c3ccc5ccccc5c3)C(c3ccccc3)(c3ccccc3)c3ccccc3-4)nc3c2oc2ccccc23)cc1. The van der Waals surface area contributed by atoms with Crippen molar-refractivity contribution in [1.82, 2.24) is 9.97 Å². The van der Waals surface area contributed by atoms with Gasteiger partial charge in [0.25, 0.3) is 0 Å². The van der Waals surface area contributed by atoms with E-state index in [1.807, 2.05) is 36.4 Å². The second kappa shape index (κ2) is 12.0. The lowest BCUT2D eigenvalue weighted by atomic mass is 9.67. The average molecular weight is 689 g/mol. The normalized spacial score (nSPS) is 13.0. The van der Waals surface area contributed by atoms with Crippen LogP contribution >= 0.6 is 0 Å². The molecule has 0 fully saturated rings. The first-order chi connectivity index (χ1) is 26.8. The van der Waals surface area contributed by atoms with Crippen LogP contribution in [0.3, 0.4) is 0 Å². The minimum Gasteiger partial charge on any atom is -0.452 e. The van der Waals surface area contributed by atoms with E-state index in [1.165, 1.54) is 44.2 Å². The van der Waals surface area contributed by atoms with Crippen molar-refractivity contribution in [3.05, 3.63) is 216 Å². The number of aromatic nitrogens is 2. The lowest BCUT2D eigenvalue weighted by Crippen LogP contribution is -2.28. The zero-order valence-electron chi connectivity index (χ0n) is 29.3. The fourth-order valence-corrected chi connectivity index (χ4v) is 8.77. The number of benzene rings is 8. The molecule has 8 aromatic carbocycles. The molecule has 1 aliphatic rings. The molecule has 1 aliphatic carbocycles. The molecule has 0 bridgehead atoms. The highest BCUT2D eigenvalue weighted by molar-refractivity contribution is 6.07. The first kappa shape index (κ1) is 30.5. The Morgan fingerprint density at radius 2 is 1.06 bits per heavy atom. The van der Waals surface area contributed by atoms with Crippen LogP contribution in [0.15, 0.2) is 199 Å². The molecule has 10 aromatic rings. The Bertz CT molecular complexity index is 3000. The Kier molecular flexibility index (Phi) is 6.77. The molecule has 0 atom stereocenters. The van der Waals surface area contributed by atoms with E-state index in [4.69, 9.17) is 14.4 Å². The Labute approximate surface area is 312 Å². The van der Waals surface area contributed by atoms with Crippen molar-refractivity contribution in [1.29, 1.82) is 0 Å². The Morgan fingerprint density at radius 1 is 0.407 bits per heavy atom. The van der Waals surface area contributed by atoms with Gasteiger partial charge in [0.1, 0.15) is 16.8 Å². The maximum Gasteiger partial charge on any atom is 0.180 e. The van der Waals surface area contributed by atoms with E-state index < -0.39 is 5.41 Å². The molecule has 54 heavy (non-hydrogen) atoms. The number of nitrogens with zero attached hydrogens (tertiary/aromatic N) is 2. The van der Waals surface area contributed by atoms with Gasteiger partial charge in [0, 0.05) is 16.5 Å². The number of para-hydroxylation sites is 1. The molecule has 0 saturated carbocycles. The van der Waals surface area contributed by atoms with E-state index >= 15 is 0 Å². The highest BCUT2D eigenvalue weighted by Crippen LogP contribution is 2.58. The molecule has 3 heteroatoms. The van der Waals surface area contributed by atoms with Crippen LogP contribution in [0, 0.1) is 0 Å². The summed E-state index contributed by atoms with van der Waals surface area (Å²) in [5.74, 6) is 0.660. The predicted molar refractivity (Wildman–Crippen MR) is 220 cm³/mol. The van der Waals surface area contributed by atoms with Gasteiger partial charge in [-0.3, -0.25) is 0 Å². The molecule has 0 amide bonds. The van der Waals surface area contributed by atoms with Gasteiger partial charge in [-0.1, -0.05) is 164 Å². The first-order valence-electron chi connectivity index (χ1n) is 18.4. The van der Waals surface area contributed by atoms with Gasteiger partial charge in [-0.05, 0) is 85.6 Å². The number of hydrogen-bond acceptors (Lipinski definition) is 3. The van der Waals surface area contributed by atoms with E-state index in [2.05, 4.69) is 158 Å². The van der Waals surface area contributed by atoms with Crippen LogP contribution in [0.4, 0.5) is 0 Å². The molecule has 0 spiro atoms. The average Bonchev–Trinajstić information content (AvgIpc) is 3.77. The Morgan fingerprint density at radius 3 is 1.83 bits per heavy atom. The third-order valence-electron chi connectivity index (χ3n) is 11.2. The molecule has 3 nitrogen and oxygen atoms in total. The van der Waals surface area contributed by atoms with E-state index in [0.29, 0.717) is 11.4 Å². The summed E-state index contributed by atoms with van der Waals surface area (Å²) in [6, 6.07) is 69.4. The van der Waals surface area contributed by atoms with Gasteiger partial charge >= 0.3 is 0 Å². The summed E-state index contributed by atoms with van der Waals surface area (Å²) in [6.07, 6.45) is 0. The second-order valence-electron chi connectivity index (χ2n) is 14.1. The third-order valence-corrected chi connectivity index (χ3v) is 11.2. The van der Waals surface area contributed by atoms with Crippen LogP contribution in [-0.4, -0.2) is 9.97 Å². The van der Waals surface area contributed by atoms with Crippen molar-refractivity contribution in [3.8, 4) is 44.9 Å². The predicted octanol–water partition coefficient (Wildman–Crippen LogP) is 12.9. The monoisotopic (exact) mass is 688 g/mol. The number of furan rings is 1. The number of hydrogen-bond donors (Lipinski definition) is 0. The van der Waals surface area contributed by atoms with Crippen LogP contribution in [0.1, 0.15) is 22.3 Å². The molecule has 0 aliphatic heterocycles. The third kappa shape index (κ3) is 4.49. The molecule has 11 rings (SSSR count). The van der Waals surface area contributed by atoms with Crippen LogP contribution in [0.25, 0.3) is 77.7 Å². The zero-order valence-corrected chi connectivity index (χ0v) is 29.3. The number of rotatable bonds is 5. The van der Waals surface area contributed by atoms with Crippen molar-refractivity contribution in [2.45, 2.75) is 5.41 Å². The minimum atomic E-state index is -0.542. The van der Waals surface area contributed by atoms with Crippen molar-refractivity contribution in [2.24, 2.45) is 0 Å². The van der Waals surface area contributed by atoms with Gasteiger partial charge in [0.05, 0.1) is 5.41 Å². The van der Waals surface area contributed by atoms with Gasteiger partial charge in [-0.25, -0.2) is 9.97 Å². The lowest BCUT2D eigenvalue weighted by Gasteiger charge is -2.34. The Balaban J connectivity index is 1.29. The molecule has 252 valence electrons. The van der Waals surface area contributed by atoms with Crippen molar-refractivity contribution in [3.63, 3.8) is 0 Å². The smallest absolute Gasteiger partial charge is 0.180 e. The van der Waals surface area contributed by atoms with Crippen LogP contribution in [-0.2, 0) is 5.41 Å². The van der Waals surface area contributed by atoms with Gasteiger partial charge in [0.15, 0.2) is 11.4 Å². The van der Waals surface area contributed by atoms with Gasteiger partial charge in [-0.15, -0.1) is 0 Å². The maximum absolute atomic E-state index is 6.51. The summed E-state index contributed by atoms with van der Waals surface area (Å²) in [4.78, 5) is 10.8. The first-order valence-corrected chi connectivity index (χ1v) is 18.4. The van der Waals surface area contributed by atoms with Gasteiger partial charge in [0.2, 0.25) is 0 Å². The molecule has 0 N–H and O–H groups in total. The molecular weight excluding hydrogens is 657 g/mol. The van der Waals surface area contributed by atoms with E-state index in [1.54, 1.807) is 0 Å². The maximum atomic E-state index is 6.51. The summed E-state index contributed by atoms with van der Waals surface area (Å²) in [6.45, 7) is 0. The number of fused-ring (bicyclic) bond motifs is 7. The molecule has 0 radical (unpaired) electrons. The summed E-state index contributed by atoms with van der Waals surface area (Å²) >= 11 is 0. The zero-order chi connectivity index (χ0) is 35.6. The van der Waals surface area contributed by atoms with Crippen LogP contribution in [0.5, 0.6) is 0 Å². The topological polar surface area (TPSA) is 38.9 Å². The van der Waals surface area contributed by atoms with Crippen molar-refractivity contribution in [2.75, 3.05) is 0 Å². The molecular formula is C51H32N2O. The quantitative estimate of drug-likeness (QED) is 0.181. The Hall–Kier alpha value is -7.10. The van der Waals surface area contributed by atoms with E-state index in [0.717, 1.165) is 44.4 Å². The molecule has 2 aromatic heterocycles. The summed E-state index contributed by atoms with van der Waals surface area (Å²) in [5.41, 5.74) is 14.0. The van der Waals surface area contributed by atoms with E-state index in [9.17, 15) is 0 Å². The standard InChI is InChI=1S/C51H32N2O/c1-4-17-34(18-5-1)47-49-48(40-25-13-15-27-46(40)54-49)53-50(52-47)43-31-42-39-24-12-14-26-44(39)51(37-20-6-2-7-21-37,38-22-8-3-9-23-38)45(42)32-41(43)36-29-28-33-16-10-11-19-35(33)30-36/h1-32H. The van der Waals surface area contributed by atoms with E-state index in [-0.39, 0.29) is 0 Å². The summed E-state index contributed by atoms with van der Waals surface area (Å²) in [7, 11) is 0. The van der Waals surface area contributed by atoms with Gasteiger partial charge < -0.3 is 4.42 Å². The second-order valence-corrected chi connectivity index (χ2v) is 14.1. The molecule has 2 heterocycles. The molecule has 0 unspecified atom stereocenters. The highest BCUT2D eigenvalue weighted by atomic mass is 16.3. The van der Waals surface area contributed by atoms with Crippen LogP contribution < -0.4 is 0 Å². The fraction of sp³-hybridized carbons (Fsp3) is 0.0196. The van der Waals surface area contributed by atoms with Gasteiger partial charge in [-0.2, -0.15) is 0 Å². The summed E-state index contributed by atoms with van der Waals surface area (Å²) in [5, 5.41) is 3.36. The minimum absolute atomic E-state index is 0.542. The lowest BCUT2D eigenvalue weighted by molar-refractivity contribution is 0.667. The summed E-state index contributed by atoms with van der Waals surface area (Å²) < 4.78 is 6.51. The van der Waals surface area contributed by atoms with Crippen molar-refractivity contribution < 1.29 is 4.42 Å². The fourth-order valence-electron chi connectivity index (χ4n) is 8.77. The van der Waals surface area contributed by atoms with Crippen LogP contribution in [0.2, 0.25) is 0 Å². The largest absolute Gasteiger partial charge is 0.452 e. The molecule has 0 saturated heterocycles. The highest BCUT2D eigenvalue weighted by Gasteiger charge is 2.46. The van der Waals surface area contributed by atoms with Crippen molar-refractivity contribution >= 4 is 32.8 Å².